The van der Waals surface area contributed by atoms with Crippen LogP contribution in [0, 0.1) is 12.8 Å². The van der Waals surface area contributed by atoms with Gasteiger partial charge in [0.25, 0.3) is 5.91 Å². The molecule has 1 aromatic carbocycles. The van der Waals surface area contributed by atoms with Crippen LogP contribution < -0.4 is 16.0 Å². The minimum Gasteiger partial charge on any atom is -0.391 e. The van der Waals surface area contributed by atoms with Gasteiger partial charge < -0.3 is 25.8 Å². The summed E-state index contributed by atoms with van der Waals surface area (Å²) in [7, 11) is 0. The number of carbonyl (C=O) groups is 2. The number of amides is 2. The molecular formula is C17H23N3O4. The number of hydrogen-bond acceptors (Lipinski definition) is 5. The Balaban J connectivity index is 1.68. The molecular weight excluding hydrogens is 310 g/mol. The van der Waals surface area contributed by atoms with Crippen molar-refractivity contribution in [3.05, 3.63) is 23.8 Å². The number of nitrogens with two attached hydrogens (primary N) is 1. The van der Waals surface area contributed by atoms with Crippen LogP contribution in [-0.2, 0) is 14.3 Å². The molecule has 1 heterocycles. The molecule has 4 N–H and O–H groups in total. The molecule has 7 heteroatoms. The number of benzene rings is 1. The van der Waals surface area contributed by atoms with Crippen LogP contribution in [0.2, 0.25) is 0 Å². The molecule has 1 aliphatic carbocycles. The number of aliphatic hydroxyl groups excluding tert-OH is 1. The van der Waals surface area contributed by atoms with Crippen molar-refractivity contribution in [2.45, 2.75) is 31.9 Å². The summed E-state index contributed by atoms with van der Waals surface area (Å²) in [6.07, 6.45) is 0.274. The molecule has 7 nitrogen and oxygen atoms in total. The molecule has 0 bridgehead atoms. The molecule has 1 aliphatic heterocycles. The van der Waals surface area contributed by atoms with E-state index >= 15 is 0 Å². The van der Waals surface area contributed by atoms with Gasteiger partial charge in [-0.15, -0.1) is 0 Å². The van der Waals surface area contributed by atoms with Crippen LogP contribution in [0.15, 0.2) is 18.2 Å². The van der Waals surface area contributed by atoms with Gasteiger partial charge in [0.1, 0.15) is 6.61 Å². The lowest BCUT2D eigenvalue weighted by Gasteiger charge is -2.28. The normalized spacial score (nSPS) is 27.4. The molecule has 130 valence electrons. The summed E-state index contributed by atoms with van der Waals surface area (Å²) >= 11 is 0. The summed E-state index contributed by atoms with van der Waals surface area (Å²) in [5.74, 6) is -0.456. The number of rotatable bonds is 3. The van der Waals surface area contributed by atoms with Gasteiger partial charge in [-0.25, -0.2) is 0 Å². The van der Waals surface area contributed by atoms with Gasteiger partial charge in [-0.05, 0) is 43.5 Å². The Bertz CT molecular complexity index is 639. The van der Waals surface area contributed by atoms with Crippen molar-refractivity contribution >= 4 is 23.2 Å². The number of nitrogens with zero attached hydrogens (tertiary/aromatic N) is 1. The third kappa shape index (κ3) is 3.43. The standard InChI is InChI=1S/C17H23N3O4/c1-10-6-12(19-17(23)11-7-13(18)15(21)8-11)2-3-14(10)20-4-5-24-9-16(20)22/h2-3,6,11,13,15,21H,4-5,7-9,18H2,1H3,(H,19,23)/t11-,13+,15+/m1/s1. The Kier molecular flexibility index (Phi) is 4.84. The van der Waals surface area contributed by atoms with Gasteiger partial charge in [0.15, 0.2) is 0 Å². The topological polar surface area (TPSA) is 105 Å². The average Bonchev–Trinajstić information content (AvgIpc) is 2.88. The molecule has 0 aromatic heterocycles. The van der Waals surface area contributed by atoms with Crippen LogP contribution in [0.5, 0.6) is 0 Å². The van der Waals surface area contributed by atoms with Crippen LogP contribution in [-0.4, -0.2) is 48.8 Å². The first-order chi connectivity index (χ1) is 11.5. The van der Waals surface area contributed by atoms with E-state index in [1.807, 2.05) is 19.1 Å². The van der Waals surface area contributed by atoms with E-state index in [1.165, 1.54) is 0 Å². The maximum Gasteiger partial charge on any atom is 0.253 e. The highest BCUT2D eigenvalue weighted by Crippen LogP contribution is 2.28. The number of nitrogens with one attached hydrogen (secondary N) is 1. The summed E-state index contributed by atoms with van der Waals surface area (Å²) in [6.45, 7) is 3.06. The SMILES string of the molecule is Cc1cc(NC(=O)[C@@H]2C[C@H](N)[C@@H](O)C2)ccc1N1CCOCC1=O. The van der Waals surface area contributed by atoms with Crippen LogP contribution in [0.4, 0.5) is 11.4 Å². The van der Waals surface area contributed by atoms with Gasteiger partial charge in [-0.2, -0.15) is 0 Å². The minimum atomic E-state index is -0.614. The lowest BCUT2D eigenvalue weighted by atomic mass is 10.1. The lowest BCUT2D eigenvalue weighted by Crippen LogP contribution is -2.42. The highest BCUT2D eigenvalue weighted by molar-refractivity contribution is 5.97. The zero-order chi connectivity index (χ0) is 17.3. The minimum absolute atomic E-state index is 0.0601. The Hall–Kier alpha value is -1.96. The van der Waals surface area contributed by atoms with Gasteiger partial charge in [0, 0.05) is 29.9 Å². The molecule has 1 saturated heterocycles. The zero-order valence-corrected chi connectivity index (χ0v) is 13.7. The van der Waals surface area contributed by atoms with E-state index in [0.29, 0.717) is 31.7 Å². The Morgan fingerprint density at radius 1 is 1.42 bits per heavy atom. The molecule has 1 aromatic rings. The summed E-state index contributed by atoms with van der Waals surface area (Å²) < 4.78 is 5.15. The second-order valence-electron chi connectivity index (χ2n) is 6.49. The van der Waals surface area contributed by atoms with E-state index in [9.17, 15) is 14.7 Å². The predicted octanol–water partition coefficient (Wildman–Crippen LogP) is 0.395. The van der Waals surface area contributed by atoms with Crippen LogP contribution in [0.25, 0.3) is 0 Å². The van der Waals surface area contributed by atoms with Gasteiger partial charge in [-0.3, -0.25) is 9.59 Å². The van der Waals surface area contributed by atoms with Crippen LogP contribution in [0.1, 0.15) is 18.4 Å². The fraction of sp³-hybridized carbons (Fsp3) is 0.529. The monoisotopic (exact) mass is 333 g/mol. The first kappa shape index (κ1) is 16.9. The van der Waals surface area contributed by atoms with Gasteiger partial charge in [-0.1, -0.05) is 0 Å². The Morgan fingerprint density at radius 2 is 2.21 bits per heavy atom. The number of aryl methyl sites for hydroxylation is 1. The summed E-state index contributed by atoms with van der Waals surface area (Å²) in [4.78, 5) is 25.9. The highest BCUT2D eigenvalue weighted by atomic mass is 16.5. The summed E-state index contributed by atoms with van der Waals surface area (Å²) in [6, 6.07) is 5.14. The van der Waals surface area contributed by atoms with Crippen LogP contribution in [0.3, 0.4) is 0 Å². The lowest BCUT2D eigenvalue weighted by molar-refractivity contribution is -0.125. The number of hydrogen-bond donors (Lipinski definition) is 3. The summed E-state index contributed by atoms with van der Waals surface area (Å²) in [5, 5.41) is 12.6. The van der Waals surface area contributed by atoms with E-state index < -0.39 is 6.10 Å². The third-order valence-electron chi connectivity index (χ3n) is 4.69. The molecule has 2 fully saturated rings. The highest BCUT2D eigenvalue weighted by Gasteiger charge is 2.34. The van der Waals surface area contributed by atoms with Crippen molar-refractivity contribution in [3.8, 4) is 0 Å². The molecule has 2 amide bonds. The maximum atomic E-state index is 12.3. The molecule has 3 atom stereocenters. The van der Waals surface area contributed by atoms with Crippen molar-refractivity contribution in [3.63, 3.8) is 0 Å². The van der Waals surface area contributed by atoms with E-state index in [0.717, 1.165) is 11.3 Å². The molecule has 24 heavy (non-hydrogen) atoms. The fourth-order valence-corrected chi connectivity index (χ4v) is 3.32. The number of anilines is 2. The van der Waals surface area contributed by atoms with Gasteiger partial charge in [0.2, 0.25) is 5.91 Å². The second-order valence-corrected chi connectivity index (χ2v) is 6.49. The molecule has 3 rings (SSSR count). The second kappa shape index (κ2) is 6.88. The number of ether oxygens (including phenoxy) is 1. The summed E-state index contributed by atoms with van der Waals surface area (Å²) in [5.41, 5.74) is 8.18. The maximum absolute atomic E-state index is 12.3. The fourth-order valence-electron chi connectivity index (χ4n) is 3.32. The van der Waals surface area contributed by atoms with Crippen LogP contribution >= 0.6 is 0 Å². The predicted molar refractivity (Wildman–Crippen MR) is 89.7 cm³/mol. The molecule has 1 saturated carbocycles. The number of carbonyl (C=O) groups excluding carboxylic acids is 2. The Morgan fingerprint density at radius 3 is 2.83 bits per heavy atom. The zero-order valence-electron chi connectivity index (χ0n) is 13.7. The van der Waals surface area contributed by atoms with Crippen molar-refractivity contribution in [1.82, 2.24) is 0 Å². The Labute approximate surface area is 140 Å². The van der Waals surface area contributed by atoms with E-state index in [2.05, 4.69) is 5.32 Å². The van der Waals surface area contributed by atoms with E-state index in [1.54, 1.807) is 11.0 Å². The molecule has 0 unspecified atom stereocenters. The van der Waals surface area contributed by atoms with Gasteiger partial charge >= 0.3 is 0 Å². The quantitative estimate of drug-likeness (QED) is 0.742. The molecule has 0 radical (unpaired) electrons. The first-order valence-electron chi connectivity index (χ1n) is 8.19. The van der Waals surface area contributed by atoms with Crippen molar-refractivity contribution < 1.29 is 19.4 Å². The van der Waals surface area contributed by atoms with Crippen molar-refractivity contribution in [1.29, 1.82) is 0 Å². The molecule has 2 aliphatic rings. The van der Waals surface area contributed by atoms with E-state index in [4.69, 9.17) is 10.5 Å². The van der Waals surface area contributed by atoms with Crippen molar-refractivity contribution in [2.24, 2.45) is 11.7 Å². The first-order valence-corrected chi connectivity index (χ1v) is 8.19. The molecule has 0 spiro atoms. The van der Waals surface area contributed by atoms with Gasteiger partial charge in [0.05, 0.1) is 12.7 Å². The number of morpholine rings is 1. The van der Waals surface area contributed by atoms with E-state index in [-0.39, 0.29) is 30.4 Å². The smallest absolute Gasteiger partial charge is 0.253 e. The average molecular weight is 333 g/mol. The van der Waals surface area contributed by atoms with Crippen molar-refractivity contribution in [2.75, 3.05) is 30.0 Å². The number of aliphatic hydroxyl groups is 1. The largest absolute Gasteiger partial charge is 0.391 e. The third-order valence-corrected chi connectivity index (χ3v) is 4.69.